The monoisotopic (exact) mass is 323 g/mol. The molecule has 0 fully saturated rings. The normalized spacial score (nSPS) is 12.0. The number of thiophene rings is 1. The number of H-pyrrole nitrogens is 1. The van der Waals surface area contributed by atoms with Gasteiger partial charge < -0.3 is 10.1 Å². The maximum absolute atomic E-state index is 12.3. The predicted octanol–water partition coefficient (Wildman–Crippen LogP) is 3.55. The first-order valence-electron chi connectivity index (χ1n) is 6.92. The summed E-state index contributed by atoms with van der Waals surface area (Å²) < 4.78 is 0. The topological polar surface area (TPSA) is 89.8 Å². The molecule has 0 aliphatic heterocycles. The number of fused-ring (bicyclic) bond motifs is 1. The number of aliphatic hydroxyl groups excluding tert-OH is 1. The molecule has 0 amide bonds. The zero-order valence-corrected chi connectivity index (χ0v) is 13.4. The van der Waals surface area contributed by atoms with E-state index in [1.54, 1.807) is 24.3 Å². The van der Waals surface area contributed by atoms with Crippen LogP contribution in [0.3, 0.4) is 0 Å². The quantitative estimate of drug-likeness (QED) is 0.557. The molecule has 0 saturated heterocycles. The lowest BCUT2D eigenvalue weighted by atomic mass is 10.1. The van der Waals surface area contributed by atoms with Gasteiger partial charge in [-0.3, -0.25) is 4.79 Å². The van der Waals surface area contributed by atoms with Gasteiger partial charge in [-0.05, 0) is 19.4 Å². The second-order valence-corrected chi connectivity index (χ2v) is 6.28. The maximum atomic E-state index is 12.3. The van der Waals surface area contributed by atoms with Gasteiger partial charge in [0.2, 0.25) is 0 Å². The number of aliphatic hydroxyl groups is 1. The van der Waals surface area contributed by atoms with Crippen molar-refractivity contribution in [3.05, 3.63) is 62.5 Å². The number of aromatic amines is 1. The van der Waals surface area contributed by atoms with Gasteiger partial charge in [0.05, 0.1) is 5.39 Å². The van der Waals surface area contributed by atoms with E-state index in [-0.39, 0.29) is 22.7 Å². The molecule has 3 rings (SSSR count). The van der Waals surface area contributed by atoms with Crippen LogP contribution in [0.15, 0.2) is 35.1 Å². The van der Waals surface area contributed by atoms with E-state index in [9.17, 15) is 15.2 Å². The van der Waals surface area contributed by atoms with E-state index >= 15 is 0 Å². The van der Waals surface area contributed by atoms with Crippen molar-refractivity contribution in [1.82, 2.24) is 9.97 Å². The lowest BCUT2D eigenvalue weighted by molar-refractivity contribution is 0.514. The number of nitrogens with zero attached hydrogens (tertiary/aromatic N) is 2. The van der Waals surface area contributed by atoms with Gasteiger partial charge in [0.1, 0.15) is 22.2 Å². The fourth-order valence-electron chi connectivity index (χ4n) is 2.33. The van der Waals surface area contributed by atoms with Crippen molar-refractivity contribution < 1.29 is 5.11 Å². The van der Waals surface area contributed by atoms with E-state index in [4.69, 9.17) is 0 Å². The first-order chi connectivity index (χ1) is 11.0. The molecule has 0 spiro atoms. The summed E-state index contributed by atoms with van der Waals surface area (Å²) in [5, 5.41) is 20.3. The van der Waals surface area contributed by atoms with E-state index in [1.807, 2.05) is 26.0 Å². The van der Waals surface area contributed by atoms with Gasteiger partial charge in [0.15, 0.2) is 5.82 Å². The van der Waals surface area contributed by atoms with Gasteiger partial charge in [-0.2, -0.15) is 5.26 Å². The van der Waals surface area contributed by atoms with Gasteiger partial charge in [-0.1, -0.05) is 30.3 Å². The fourth-order valence-corrected chi connectivity index (χ4v) is 3.36. The van der Waals surface area contributed by atoms with Crippen LogP contribution >= 0.6 is 11.3 Å². The van der Waals surface area contributed by atoms with E-state index in [1.165, 1.54) is 11.3 Å². The Morgan fingerprint density at radius 3 is 2.65 bits per heavy atom. The first-order valence-corrected chi connectivity index (χ1v) is 7.73. The number of hydrogen-bond donors (Lipinski definition) is 2. The van der Waals surface area contributed by atoms with Gasteiger partial charge in [-0.25, -0.2) is 4.98 Å². The Labute approximate surface area is 136 Å². The molecule has 2 N–H and O–H groups in total. The Balaban J connectivity index is 2.26. The van der Waals surface area contributed by atoms with Crippen molar-refractivity contribution in [2.45, 2.75) is 13.8 Å². The molecule has 0 aliphatic rings. The Kier molecular flexibility index (Phi) is 3.72. The zero-order chi connectivity index (χ0) is 16.6. The van der Waals surface area contributed by atoms with Crippen LogP contribution in [-0.4, -0.2) is 15.1 Å². The average Bonchev–Trinajstić information content (AvgIpc) is 2.84. The van der Waals surface area contributed by atoms with Gasteiger partial charge in [0, 0.05) is 10.4 Å². The molecule has 0 unspecified atom stereocenters. The Bertz CT molecular complexity index is 1020. The molecule has 2 aromatic heterocycles. The maximum Gasteiger partial charge on any atom is 0.260 e. The molecule has 0 aliphatic carbocycles. The van der Waals surface area contributed by atoms with Crippen molar-refractivity contribution in [2.75, 3.05) is 0 Å². The van der Waals surface area contributed by atoms with Crippen LogP contribution in [0.2, 0.25) is 0 Å². The molecule has 5 nitrogen and oxygen atoms in total. The average molecular weight is 323 g/mol. The molecule has 2 heterocycles. The molecule has 114 valence electrons. The first kappa shape index (κ1) is 15.0. The molecule has 0 atom stereocenters. The highest BCUT2D eigenvalue weighted by atomic mass is 32.1. The number of nitriles is 1. The highest BCUT2D eigenvalue weighted by molar-refractivity contribution is 7.18. The summed E-state index contributed by atoms with van der Waals surface area (Å²) in [4.78, 5) is 20.8. The van der Waals surface area contributed by atoms with Crippen molar-refractivity contribution in [1.29, 1.82) is 5.26 Å². The van der Waals surface area contributed by atoms with Gasteiger partial charge in [0.25, 0.3) is 5.56 Å². The van der Waals surface area contributed by atoms with Gasteiger partial charge in [-0.15, -0.1) is 11.3 Å². The third-order valence-corrected chi connectivity index (χ3v) is 4.77. The summed E-state index contributed by atoms with van der Waals surface area (Å²) >= 11 is 1.40. The fraction of sp³-hybridized carbons (Fsp3) is 0.118. The van der Waals surface area contributed by atoms with Crippen LogP contribution in [0.4, 0.5) is 0 Å². The van der Waals surface area contributed by atoms with Crippen LogP contribution in [0.1, 0.15) is 21.8 Å². The number of aromatic nitrogens is 2. The number of allylic oxidation sites excluding steroid dienone is 1. The molecule has 23 heavy (non-hydrogen) atoms. The van der Waals surface area contributed by atoms with Gasteiger partial charge >= 0.3 is 0 Å². The molecule has 0 radical (unpaired) electrons. The van der Waals surface area contributed by atoms with Crippen LogP contribution in [-0.2, 0) is 0 Å². The minimum absolute atomic E-state index is 0.0566. The lowest BCUT2D eigenvalue weighted by Gasteiger charge is -2.04. The zero-order valence-electron chi connectivity index (χ0n) is 12.5. The lowest BCUT2D eigenvalue weighted by Crippen LogP contribution is -2.11. The van der Waals surface area contributed by atoms with E-state index < -0.39 is 0 Å². The molecule has 6 heteroatoms. The number of hydrogen-bond acceptors (Lipinski definition) is 5. The van der Waals surface area contributed by atoms with Crippen molar-refractivity contribution in [2.24, 2.45) is 0 Å². The Morgan fingerprint density at radius 1 is 1.30 bits per heavy atom. The Morgan fingerprint density at radius 2 is 2.00 bits per heavy atom. The molecule has 0 bridgehead atoms. The highest BCUT2D eigenvalue weighted by Crippen LogP contribution is 2.28. The minimum Gasteiger partial charge on any atom is -0.506 e. The minimum atomic E-state index is -0.305. The number of benzene rings is 1. The summed E-state index contributed by atoms with van der Waals surface area (Å²) in [6.07, 6.45) is 0. The van der Waals surface area contributed by atoms with E-state index in [0.717, 1.165) is 10.4 Å². The van der Waals surface area contributed by atoms with Crippen LogP contribution in [0.25, 0.3) is 21.5 Å². The molecule has 3 aromatic rings. The smallest absolute Gasteiger partial charge is 0.260 e. The summed E-state index contributed by atoms with van der Waals surface area (Å²) in [7, 11) is 0. The number of aryl methyl sites for hydroxylation is 2. The van der Waals surface area contributed by atoms with Crippen LogP contribution in [0.5, 0.6) is 0 Å². The summed E-state index contributed by atoms with van der Waals surface area (Å²) in [5.74, 6) is -0.131. The van der Waals surface area contributed by atoms with Crippen LogP contribution in [0, 0.1) is 25.2 Å². The highest BCUT2D eigenvalue weighted by Gasteiger charge is 2.17. The second-order valence-electron chi connectivity index (χ2n) is 5.08. The third-order valence-electron chi connectivity index (χ3n) is 3.67. The number of rotatable bonds is 2. The molecular weight excluding hydrogens is 310 g/mol. The largest absolute Gasteiger partial charge is 0.506 e. The standard InChI is InChI=1S/C17H13N3O2S/c1-9-10(2)23-17-13(9)16(22)19-15(20-17)12(8-18)14(21)11-6-4-3-5-7-11/h3-7,21H,1-2H3,(H,19,20,22). The molecule has 0 saturated carbocycles. The summed E-state index contributed by atoms with van der Waals surface area (Å²) in [6.45, 7) is 3.79. The summed E-state index contributed by atoms with van der Waals surface area (Å²) in [5.41, 5.74) is 1.02. The third kappa shape index (κ3) is 2.51. The second kappa shape index (κ2) is 5.71. The van der Waals surface area contributed by atoms with E-state index in [2.05, 4.69) is 9.97 Å². The van der Waals surface area contributed by atoms with Crippen molar-refractivity contribution >= 4 is 32.9 Å². The van der Waals surface area contributed by atoms with E-state index in [0.29, 0.717) is 15.8 Å². The summed E-state index contributed by atoms with van der Waals surface area (Å²) in [6, 6.07) is 10.6. The predicted molar refractivity (Wildman–Crippen MR) is 91.2 cm³/mol. The Hall–Kier alpha value is -2.91. The van der Waals surface area contributed by atoms with Crippen molar-refractivity contribution in [3.63, 3.8) is 0 Å². The molecular formula is C17H13N3O2S. The SMILES string of the molecule is Cc1sc2nc(C(C#N)=C(O)c3ccccc3)[nH]c(=O)c2c1C. The van der Waals surface area contributed by atoms with Crippen LogP contribution < -0.4 is 5.56 Å². The number of nitrogens with one attached hydrogen (secondary N) is 1. The van der Waals surface area contributed by atoms with Crippen molar-refractivity contribution in [3.8, 4) is 6.07 Å². The molecule has 1 aromatic carbocycles.